The van der Waals surface area contributed by atoms with Gasteiger partial charge >= 0.3 is 0 Å². The van der Waals surface area contributed by atoms with E-state index in [1.807, 2.05) is 0 Å². The topological polar surface area (TPSA) is 9.23 Å². The maximum Gasteiger partial charge on any atom is 0.129 e. The van der Waals surface area contributed by atoms with Crippen LogP contribution in [0.2, 0.25) is 5.02 Å². The van der Waals surface area contributed by atoms with Crippen molar-refractivity contribution in [3.8, 4) is 5.75 Å². The predicted octanol–water partition coefficient (Wildman–Crippen LogP) is 4.20. The lowest BCUT2D eigenvalue weighted by Gasteiger charge is -2.07. The van der Waals surface area contributed by atoms with Gasteiger partial charge in [-0.3, -0.25) is 0 Å². The highest BCUT2D eigenvalue weighted by atomic mass is 35.5. The Labute approximate surface area is 103 Å². The minimum atomic E-state index is -0.397. The van der Waals surface area contributed by atoms with Gasteiger partial charge in [-0.1, -0.05) is 17.7 Å². The third-order valence-corrected chi connectivity index (χ3v) is 2.43. The van der Waals surface area contributed by atoms with E-state index in [0.717, 1.165) is 0 Å². The van der Waals surface area contributed by atoms with E-state index in [9.17, 15) is 8.78 Å². The largest absolute Gasteiger partial charge is 0.489 e. The Kier molecular flexibility index (Phi) is 3.59. The number of hydrogen-bond donors (Lipinski definition) is 0. The molecule has 17 heavy (non-hydrogen) atoms. The van der Waals surface area contributed by atoms with Gasteiger partial charge < -0.3 is 4.74 Å². The highest BCUT2D eigenvalue weighted by Crippen LogP contribution is 2.18. The van der Waals surface area contributed by atoms with Gasteiger partial charge in [-0.2, -0.15) is 0 Å². The molecule has 0 unspecified atom stereocenters. The second-order valence-corrected chi connectivity index (χ2v) is 3.92. The minimum Gasteiger partial charge on any atom is -0.489 e. The van der Waals surface area contributed by atoms with E-state index in [-0.39, 0.29) is 6.61 Å². The number of benzene rings is 2. The molecule has 0 aliphatic rings. The highest BCUT2D eigenvalue weighted by molar-refractivity contribution is 6.30. The summed E-state index contributed by atoms with van der Waals surface area (Å²) in [5, 5.41) is 0.434. The van der Waals surface area contributed by atoms with Gasteiger partial charge in [-0.15, -0.1) is 0 Å². The number of rotatable bonds is 3. The molecule has 0 saturated carbocycles. The average Bonchev–Trinajstić information content (AvgIpc) is 2.30. The second-order valence-electron chi connectivity index (χ2n) is 3.48. The maximum absolute atomic E-state index is 13.3. The van der Waals surface area contributed by atoms with Crippen LogP contribution in [-0.2, 0) is 6.61 Å². The third-order valence-electron chi connectivity index (χ3n) is 2.20. The van der Waals surface area contributed by atoms with Crippen LogP contribution in [-0.4, -0.2) is 0 Å². The van der Waals surface area contributed by atoms with Crippen molar-refractivity contribution < 1.29 is 13.5 Å². The monoisotopic (exact) mass is 254 g/mol. The van der Waals surface area contributed by atoms with Gasteiger partial charge in [-0.25, -0.2) is 8.78 Å². The first-order chi connectivity index (χ1) is 8.15. The Balaban J connectivity index is 2.09. The second kappa shape index (κ2) is 5.15. The lowest BCUT2D eigenvalue weighted by molar-refractivity contribution is 0.298. The molecule has 88 valence electrons. The van der Waals surface area contributed by atoms with E-state index < -0.39 is 11.6 Å². The van der Waals surface area contributed by atoms with Gasteiger partial charge in [0, 0.05) is 16.7 Å². The van der Waals surface area contributed by atoms with Gasteiger partial charge in [0.2, 0.25) is 0 Å². The lowest BCUT2D eigenvalue weighted by atomic mass is 10.2. The Morgan fingerprint density at radius 1 is 1.06 bits per heavy atom. The molecule has 0 amide bonds. The zero-order valence-electron chi connectivity index (χ0n) is 8.79. The molecule has 0 aromatic heterocycles. The molecule has 2 aromatic rings. The van der Waals surface area contributed by atoms with Crippen molar-refractivity contribution in [2.45, 2.75) is 6.61 Å². The molecule has 0 aliphatic heterocycles. The van der Waals surface area contributed by atoms with Gasteiger partial charge in [0.1, 0.15) is 24.0 Å². The van der Waals surface area contributed by atoms with E-state index in [0.29, 0.717) is 16.3 Å². The van der Waals surface area contributed by atoms with Crippen LogP contribution in [0.1, 0.15) is 5.56 Å². The lowest BCUT2D eigenvalue weighted by Crippen LogP contribution is -1.98. The molecule has 0 atom stereocenters. The molecule has 2 aromatic carbocycles. The predicted molar refractivity (Wildman–Crippen MR) is 62.1 cm³/mol. The van der Waals surface area contributed by atoms with Crippen LogP contribution in [0, 0.1) is 11.6 Å². The SMILES string of the molecule is Fc1cccc(OCc2cc(Cl)ccc2F)c1. The molecule has 4 heteroatoms. The van der Waals surface area contributed by atoms with E-state index in [2.05, 4.69) is 0 Å². The van der Waals surface area contributed by atoms with Gasteiger partial charge in [0.15, 0.2) is 0 Å². The molecular formula is C13H9ClF2O. The summed E-state index contributed by atoms with van der Waals surface area (Å²) < 4.78 is 31.5. The number of ether oxygens (including phenoxy) is 1. The van der Waals surface area contributed by atoms with Crippen molar-refractivity contribution in [2.24, 2.45) is 0 Å². The van der Waals surface area contributed by atoms with Crippen LogP contribution < -0.4 is 4.74 Å². The highest BCUT2D eigenvalue weighted by Gasteiger charge is 2.04. The Morgan fingerprint density at radius 2 is 1.88 bits per heavy atom. The standard InChI is InChI=1S/C13H9ClF2O/c14-10-4-5-13(16)9(6-10)8-17-12-3-1-2-11(15)7-12/h1-7H,8H2. The molecule has 0 radical (unpaired) electrons. The first-order valence-corrected chi connectivity index (χ1v) is 5.35. The van der Waals surface area contributed by atoms with E-state index in [4.69, 9.17) is 16.3 Å². The van der Waals surface area contributed by atoms with Crippen LogP contribution in [0.4, 0.5) is 8.78 Å². The first kappa shape index (κ1) is 11.9. The van der Waals surface area contributed by atoms with E-state index in [1.165, 1.54) is 36.4 Å². The molecule has 0 spiro atoms. The van der Waals surface area contributed by atoms with Gasteiger partial charge in [0.05, 0.1) is 0 Å². The van der Waals surface area contributed by atoms with Crippen LogP contribution >= 0.6 is 11.6 Å². The molecule has 0 saturated heterocycles. The Hall–Kier alpha value is -1.61. The smallest absolute Gasteiger partial charge is 0.129 e. The van der Waals surface area contributed by atoms with Crippen molar-refractivity contribution in [1.29, 1.82) is 0 Å². The fraction of sp³-hybridized carbons (Fsp3) is 0.0769. The maximum atomic E-state index is 13.3. The van der Waals surface area contributed by atoms with Crippen LogP contribution in [0.15, 0.2) is 42.5 Å². The molecule has 0 fully saturated rings. The summed E-state index contributed by atoms with van der Waals surface area (Å²) in [6.07, 6.45) is 0. The fourth-order valence-corrected chi connectivity index (χ4v) is 1.57. The van der Waals surface area contributed by atoms with Crippen molar-refractivity contribution in [3.63, 3.8) is 0 Å². The normalized spacial score (nSPS) is 10.3. The molecular weight excluding hydrogens is 246 g/mol. The minimum absolute atomic E-state index is 0.00977. The summed E-state index contributed by atoms with van der Waals surface area (Å²) >= 11 is 5.74. The van der Waals surface area contributed by atoms with Crippen molar-refractivity contribution in [3.05, 3.63) is 64.7 Å². The van der Waals surface area contributed by atoms with Gasteiger partial charge in [-0.05, 0) is 30.3 Å². The van der Waals surface area contributed by atoms with Crippen molar-refractivity contribution in [2.75, 3.05) is 0 Å². The third kappa shape index (κ3) is 3.17. The number of hydrogen-bond acceptors (Lipinski definition) is 1. The summed E-state index contributed by atoms with van der Waals surface area (Å²) in [5.41, 5.74) is 0.335. The van der Waals surface area contributed by atoms with Crippen LogP contribution in [0.5, 0.6) is 5.75 Å². The number of halogens is 3. The van der Waals surface area contributed by atoms with Gasteiger partial charge in [0.25, 0.3) is 0 Å². The first-order valence-electron chi connectivity index (χ1n) is 4.97. The van der Waals surface area contributed by atoms with Crippen molar-refractivity contribution >= 4 is 11.6 Å². The summed E-state index contributed by atoms with van der Waals surface area (Å²) in [5.74, 6) is -0.441. The average molecular weight is 255 g/mol. The fourth-order valence-electron chi connectivity index (χ4n) is 1.37. The summed E-state index contributed by atoms with van der Waals surface area (Å²) in [6.45, 7) is 0.00977. The van der Waals surface area contributed by atoms with Crippen molar-refractivity contribution in [1.82, 2.24) is 0 Å². The molecule has 2 rings (SSSR count). The van der Waals surface area contributed by atoms with Crippen LogP contribution in [0.25, 0.3) is 0 Å². The Bertz CT molecular complexity index is 529. The summed E-state index contributed by atoms with van der Waals surface area (Å²) in [7, 11) is 0. The molecule has 0 aliphatic carbocycles. The Morgan fingerprint density at radius 3 is 2.65 bits per heavy atom. The quantitative estimate of drug-likeness (QED) is 0.798. The summed E-state index contributed by atoms with van der Waals surface area (Å²) in [6, 6.07) is 9.89. The molecule has 0 bridgehead atoms. The van der Waals surface area contributed by atoms with E-state index in [1.54, 1.807) is 6.07 Å². The molecule has 0 heterocycles. The summed E-state index contributed by atoms with van der Waals surface area (Å²) in [4.78, 5) is 0. The zero-order valence-corrected chi connectivity index (χ0v) is 9.55. The van der Waals surface area contributed by atoms with Crippen LogP contribution in [0.3, 0.4) is 0 Å². The zero-order chi connectivity index (χ0) is 12.3. The molecule has 0 N–H and O–H groups in total. The molecule has 1 nitrogen and oxygen atoms in total. The van der Waals surface area contributed by atoms with E-state index >= 15 is 0 Å².